The van der Waals surface area contributed by atoms with Gasteiger partial charge in [-0.2, -0.15) is 0 Å². The summed E-state index contributed by atoms with van der Waals surface area (Å²) in [7, 11) is -3.32. The maximum atomic E-state index is 13.1. The Morgan fingerprint density at radius 2 is 1.72 bits per heavy atom. The predicted octanol–water partition coefficient (Wildman–Crippen LogP) is 2.39. The lowest BCUT2D eigenvalue weighted by molar-refractivity contribution is 0.0696. The number of aromatic amines is 1. The van der Waals surface area contributed by atoms with Crippen molar-refractivity contribution in [2.45, 2.75) is 24.4 Å². The van der Waals surface area contributed by atoms with Crippen LogP contribution in [0.5, 0.6) is 0 Å². The molecule has 2 aromatic carbocycles. The molecule has 2 heterocycles. The number of rotatable bonds is 7. The van der Waals surface area contributed by atoms with Gasteiger partial charge >= 0.3 is 11.7 Å². The van der Waals surface area contributed by atoms with E-state index in [9.17, 15) is 27.6 Å². The van der Waals surface area contributed by atoms with Crippen LogP contribution in [0.3, 0.4) is 0 Å². The number of carboxylic acid groups (broad SMARTS) is 1. The molecule has 12 heteroatoms. The number of fused-ring (bicyclic) bond motifs is 1. The third-order valence-electron chi connectivity index (χ3n) is 5.68. The Balaban J connectivity index is 1.57. The van der Waals surface area contributed by atoms with E-state index in [-0.39, 0.29) is 32.1 Å². The molecule has 10 nitrogen and oxygen atoms in total. The van der Waals surface area contributed by atoms with Crippen molar-refractivity contribution in [1.29, 1.82) is 0 Å². The number of benzene rings is 2. The third kappa shape index (κ3) is 4.99. The summed E-state index contributed by atoms with van der Waals surface area (Å²) in [5, 5.41) is 12.0. The number of carbonyl (C=O) groups is 2. The van der Waals surface area contributed by atoms with Gasteiger partial charge in [0.1, 0.15) is 4.83 Å². The normalized spacial score (nSPS) is 12.4. The number of aromatic carboxylic acids is 1. The van der Waals surface area contributed by atoms with Gasteiger partial charge in [-0.3, -0.25) is 19.1 Å². The molecular formula is C24H21N3O7S2. The number of carboxylic acids is 1. The molecule has 4 rings (SSSR count). The fourth-order valence-electron chi connectivity index (χ4n) is 3.66. The minimum Gasteiger partial charge on any atom is -0.478 e. The summed E-state index contributed by atoms with van der Waals surface area (Å²) in [6.45, 7) is 1.79. The summed E-state index contributed by atoms with van der Waals surface area (Å²) in [5.74, 6) is -1.53. The number of hydrogen-bond acceptors (Lipinski definition) is 7. The molecule has 36 heavy (non-hydrogen) atoms. The van der Waals surface area contributed by atoms with Gasteiger partial charge in [0, 0.05) is 12.8 Å². The van der Waals surface area contributed by atoms with Gasteiger partial charge < -0.3 is 10.4 Å². The van der Waals surface area contributed by atoms with E-state index < -0.39 is 39.0 Å². The SMILES string of the molecule is CC(c1ccc(C(=O)O)cc1)n1c(=O)[nH]c2sc(C(=O)NCc3ccc(S(C)(=O)=O)cc3)cc2c1=O. The Hall–Kier alpha value is -4.03. The molecule has 0 spiro atoms. The lowest BCUT2D eigenvalue weighted by Crippen LogP contribution is -2.37. The van der Waals surface area contributed by atoms with E-state index in [0.29, 0.717) is 11.1 Å². The van der Waals surface area contributed by atoms with E-state index in [1.807, 2.05) is 0 Å². The van der Waals surface area contributed by atoms with Crippen molar-refractivity contribution in [2.24, 2.45) is 0 Å². The summed E-state index contributed by atoms with van der Waals surface area (Å²) in [6, 6.07) is 12.7. The molecule has 3 N–H and O–H groups in total. The average molecular weight is 528 g/mol. The zero-order chi connectivity index (χ0) is 26.2. The van der Waals surface area contributed by atoms with Gasteiger partial charge in [-0.05, 0) is 48.4 Å². The topological polar surface area (TPSA) is 155 Å². The number of hydrogen-bond donors (Lipinski definition) is 3. The molecule has 0 aliphatic heterocycles. The molecule has 1 unspecified atom stereocenters. The second-order valence-corrected chi connectivity index (χ2v) is 11.2. The molecule has 0 aliphatic rings. The molecule has 1 atom stereocenters. The van der Waals surface area contributed by atoms with Crippen molar-refractivity contribution >= 4 is 43.3 Å². The Kier molecular flexibility index (Phi) is 6.65. The molecule has 2 aromatic heterocycles. The molecule has 4 aromatic rings. The highest BCUT2D eigenvalue weighted by Crippen LogP contribution is 2.22. The number of amides is 1. The summed E-state index contributed by atoms with van der Waals surface area (Å²) in [4.78, 5) is 52.9. The summed E-state index contributed by atoms with van der Waals surface area (Å²) in [5.41, 5.74) is 0.122. The van der Waals surface area contributed by atoms with Gasteiger partial charge in [0.15, 0.2) is 9.84 Å². The molecule has 0 saturated carbocycles. The van der Waals surface area contributed by atoms with Crippen LogP contribution in [-0.2, 0) is 16.4 Å². The Morgan fingerprint density at radius 1 is 1.08 bits per heavy atom. The second-order valence-electron chi connectivity index (χ2n) is 8.16. The van der Waals surface area contributed by atoms with Crippen LogP contribution in [0.2, 0.25) is 0 Å². The van der Waals surface area contributed by atoms with Gasteiger partial charge in [0.2, 0.25) is 0 Å². The first kappa shape index (κ1) is 25.1. The fourth-order valence-corrected chi connectivity index (χ4v) is 5.25. The monoisotopic (exact) mass is 527 g/mol. The molecule has 0 saturated heterocycles. The van der Waals surface area contributed by atoms with Gasteiger partial charge in [0.05, 0.1) is 26.8 Å². The van der Waals surface area contributed by atoms with Crippen molar-refractivity contribution in [3.63, 3.8) is 0 Å². The molecule has 0 aliphatic carbocycles. The molecule has 0 fully saturated rings. The number of carbonyl (C=O) groups excluding carboxylic acids is 1. The Bertz CT molecular complexity index is 1700. The predicted molar refractivity (Wildman–Crippen MR) is 135 cm³/mol. The number of aromatic nitrogens is 2. The lowest BCUT2D eigenvalue weighted by Gasteiger charge is -2.14. The largest absolute Gasteiger partial charge is 0.478 e. The molecule has 186 valence electrons. The second kappa shape index (κ2) is 9.55. The van der Waals surface area contributed by atoms with Crippen LogP contribution >= 0.6 is 11.3 Å². The smallest absolute Gasteiger partial charge is 0.335 e. The zero-order valence-corrected chi connectivity index (χ0v) is 20.8. The van der Waals surface area contributed by atoms with Gasteiger partial charge in [-0.25, -0.2) is 18.0 Å². The van der Waals surface area contributed by atoms with E-state index in [4.69, 9.17) is 5.11 Å². The summed E-state index contributed by atoms with van der Waals surface area (Å²) >= 11 is 0.971. The van der Waals surface area contributed by atoms with Crippen LogP contribution in [0.1, 0.15) is 44.1 Å². The number of H-pyrrole nitrogens is 1. The molecule has 0 radical (unpaired) electrons. The Morgan fingerprint density at radius 3 is 2.31 bits per heavy atom. The van der Waals surface area contributed by atoms with Crippen LogP contribution < -0.4 is 16.6 Å². The van der Waals surface area contributed by atoms with Crippen LogP contribution in [0, 0.1) is 0 Å². The Labute approximate surface area is 208 Å². The number of thiophene rings is 1. The van der Waals surface area contributed by atoms with E-state index in [1.165, 1.54) is 30.3 Å². The number of nitrogens with zero attached hydrogens (tertiary/aromatic N) is 1. The van der Waals surface area contributed by atoms with E-state index >= 15 is 0 Å². The highest BCUT2D eigenvalue weighted by atomic mass is 32.2. The number of sulfone groups is 1. The van der Waals surface area contributed by atoms with Crippen molar-refractivity contribution in [3.05, 3.63) is 97.0 Å². The quantitative estimate of drug-likeness (QED) is 0.333. The van der Waals surface area contributed by atoms with Gasteiger partial charge in [-0.15, -0.1) is 11.3 Å². The highest BCUT2D eigenvalue weighted by molar-refractivity contribution is 7.90. The molecular weight excluding hydrogens is 506 g/mol. The lowest BCUT2D eigenvalue weighted by atomic mass is 10.1. The van der Waals surface area contributed by atoms with Crippen molar-refractivity contribution in [1.82, 2.24) is 14.9 Å². The first-order chi connectivity index (χ1) is 17.0. The van der Waals surface area contributed by atoms with E-state index in [0.717, 1.165) is 22.2 Å². The molecule has 1 amide bonds. The van der Waals surface area contributed by atoms with Crippen LogP contribution in [0.4, 0.5) is 0 Å². The summed E-state index contributed by atoms with van der Waals surface area (Å²) < 4.78 is 24.2. The minimum atomic E-state index is -3.32. The maximum absolute atomic E-state index is 13.1. The number of nitrogens with one attached hydrogen (secondary N) is 2. The average Bonchev–Trinajstić information content (AvgIpc) is 3.26. The van der Waals surface area contributed by atoms with Gasteiger partial charge in [-0.1, -0.05) is 24.3 Å². The zero-order valence-electron chi connectivity index (χ0n) is 19.1. The third-order valence-corrected chi connectivity index (χ3v) is 7.85. The first-order valence-corrected chi connectivity index (χ1v) is 13.4. The van der Waals surface area contributed by atoms with Crippen molar-refractivity contribution < 1.29 is 23.1 Å². The van der Waals surface area contributed by atoms with E-state index in [1.54, 1.807) is 31.2 Å². The van der Waals surface area contributed by atoms with Crippen LogP contribution in [-0.4, -0.2) is 41.2 Å². The standard InChI is InChI=1S/C24H21N3O7S2/c1-13(15-5-7-16(8-6-15)23(30)31)27-22(29)18-11-19(35-21(18)26-24(27)32)20(28)25-12-14-3-9-17(10-4-14)36(2,33)34/h3-11,13H,12H2,1-2H3,(H,25,28)(H,26,32)(H,30,31). The van der Waals surface area contributed by atoms with Crippen LogP contribution in [0.15, 0.2) is 69.1 Å². The summed E-state index contributed by atoms with van der Waals surface area (Å²) in [6.07, 6.45) is 1.11. The van der Waals surface area contributed by atoms with Crippen LogP contribution in [0.25, 0.3) is 10.2 Å². The minimum absolute atomic E-state index is 0.0856. The first-order valence-electron chi connectivity index (χ1n) is 10.6. The highest BCUT2D eigenvalue weighted by Gasteiger charge is 2.19. The fraction of sp³-hybridized carbons (Fsp3) is 0.167. The molecule has 0 bridgehead atoms. The van der Waals surface area contributed by atoms with E-state index in [2.05, 4.69) is 10.3 Å². The maximum Gasteiger partial charge on any atom is 0.335 e. The van der Waals surface area contributed by atoms with Gasteiger partial charge in [0.25, 0.3) is 11.5 Å². The van der Waals surface area contributed by atoms with Crippen molar-refractivity contribution in [2.75, 3.05) is 6.26 Å². The van der Waals surface area contributed by atoms with Crippen molar-refractivity contribution in [3.8, 4) is 0 Å².